The molecule has 0 spiro atoms. The molecular formula is C15H13Cl3N2S. The minimum Gasteiger partial charge on any atom is -0.323 e. The molecule has 21 heavy (non-hydrogen) atoms. The molecule has 0 aliphatic heterocycles. The first-order valence-corrected chi connectivity index (χ1v) is 8.70. The summed E-state index contributed by atoms with van der Waals surface area (Å²) in [5, 5.41) is 3.18. The van der Waals surface area contributed by atoms with Gasteiger partial charge >= 0.3 is 0 Å². The Kier molecular flexibility index (Phi) is 4.46. The van der Waals surface area contributed by atoms with Gasteiger partial charge in [-0.3, -0.25) is 0 Å². The highest BCUT2D eigenvalue weighted by atomic mass is 35.5. The van der Waals surface area contributed by atoms with Crippen LogP contribution in [0.25, 0.3) is 11.0 Å². The molecule has 3 rings (SSSR count). The van der Waals surface area contributed by atoms with Crippen LogP contribution in [0.3, 0.4) is 0 Å². The average molecular weight is 360 g/mol. The molecule has 2 heterocycles. The molecule has 0 saturated heterocycles. The van der Waals surface area contributed by atoms with Crippen LogP contribution in [0, 0.1) is 6.92 Å². The monoisotopic (exact) mass is 358 g/mol. The molecule has 2 nitrogen and oxygen atoms in total. The fourth-order valence-corrected chi connectivity index (χ4v) is 3.71. The van der Waals surface area contributed by atoms with Gasteiger partial charge in [-0.15, -0.1) is 22.9 Å². The van der Waals surface area contributed by atoms with Crippen LogP contribution in [0.15, 0.2) is 23.6 Å². The van der Waals surface area contributed by atoms with E-state index in [1.807, 2.05) is 12.1 Å². The second kappa shape index (κ2) is 6.17. The number of nitrogens with zero attached hydrogens (tertiary/aromatic N) is 2. The van der Waals surface area contributed by atoms with Gasteiger partial charge in [0.25, 0.3) is 0 Å². The molecular weight excluding hydrogens is 347 g/mol. The molecule has 0 aliphatic carbocycles. The van der Waals surface area contributed by atoms with E-state index in [0.717, 1.165) is 29.8 Å². The Morgan fingerprint density at radius 2 is 2.00 bits per heavy atom. The second-order valence-electron chi connectivity index (χ2n) is 4.83. The van der Waals surface area contributed by atoms with Gasteiger partial charge in [0.1, 0.15) is 5.82 Å². The lowest BCUT2D eigenvalue weighted by Crippen LogP contribution is -2.05. The van der Waals surface area contributed by atoms with Crippen molar-refractivity contribution < 1.29 is 0 Å². The largest absolute Gasteiger partial charge is 0.323 e. The number of hydrogen-bond donors (Lipinski definition) is 0. The van der Waals surface area contributed by atoms with Crippen LogP contribution in [-0.2, 0) is 13.0 Å². The summed E-state index contributed by atoms with van der Waals surface area (Å²) in [5.41, 5.74) is 3.15. The van der Waals surface area contributed by atoms with Crippen LogP contribution in [0.1, 0.15) is 16.3 Å². The molecule has 0 radical (unpaired) electrons. The summed E-state index contributed by atoms with van der Waals surface area (Å²) >= 11 is 19.9. The Bertz CT molecular complexity index is 792. The molecule has 0 atom stereocenters. The van der Waals surface area contributed by atoms with Crippen molar-refractivity contribution in [3.05, 3.63) is 49.9 Å². The Labute approximate surface area is 142 Å². The second-order valence-corrected chi connectivity index (χ2v) is 7.03. The predicted octanol–water partition coefficient (Wildman–Crippen LogP) is 5.54. The maximum absolute atomic E-state index is 6.16. The standard InChI is InChI=1S/C15H13Cl3N2S/c1-9-3-5-21-14(9)8-20-13-7-11(18)10(17)6-12(13)19-15(20)2-4-16/h3,5-7H,2,4,8H2,1H3. The van der Waals surface area contributed by atoms with E-state index >= 15 is 0 Å². The smallest absolute Gasteiger partial charge is 0.111 e. The van der Waals surface area contributed by atoms with E-state index < -0.39 is 0 Å². The Morgan fingerprint density at radius 1 is 1.24 bits per heavy atom. The minimum absolute atomic E-state index is 0.526. The first-order chi connectivity index (χ1) is 10.1. The third-order valence-corrected chi connectivity index (χ3v) is 5.38. The van der Waals surface area contributed by atoms with Gasteiger partial charge in [-0.25, -0.2) is 4.98 Å². The molecule has 0 aliphatic rings. The van der Waals surface area contributed by atoms with Gasteiger partial charge in [-0.1, -0.05) is 23.2 Å². The zero-order chi connectivity index (χ0) is 15.0. The first-order valence-electron chi connectivity index (χ1n) is 6.53. The molecule has 0 bridgehead atoms. The van der Waals surface area contributed by atoms with Crippen LogP contribution < -0.4 is 0 Å². The third-order valence-electron chi connectivity index (χ3n) is 3.46. The number of aromatic nitrogens is 2. The summed E-state index contributed by atoms with van der Waals surface area (Å²) in [6.45, 7) is 2.90. The van der Waals surface area contributed by atoms with Crippen LogP contribution in [-0.4, -0.2) is 15.4 Å². The highest BCUT2D eigenvalue weighted by Crippen LogP contribution is 2.30. The fraction of sp³-hybridized carbons (Fsp3) is 0.267. The molecule has 0 N–H and O–H groups in total. The lowest BCUT2D eigenvalue weighted by atomic mass is 10.2. The van der Waals surface area contributed by atoms with Gasteiger partial charge in [0.05, 0.1) is 27.6 Å². The number of fused-ring (bicyclic) bond motifs is 1. The zero-order valence-electron chi connectivity index (χ0n) is 11.4. The van der Waals surface area contributed by atoms with Gasteiger partial charge in [0.15, 0.2) is 0 Å². The van der Waals surface area contributed by atoms with Crippen LogP contribution in [0.5, 0.6) is 0 Å². The SMILES string of the molecule is Cc1ccsc1Cn1c(CCCl)nc2cc(Cl)c(Cl)cc21. The summed E-state index contributed by atoms with van der Waals surface area (Å²) < 4.78 is 2.18. The lowest BCUT2D eigenvalue weighted by Gasteiger charge is -2.08. The molecule has 0 unspecified atom stereocenters. The lowest BCUT2D eigenvalue weighted by molar-refractivity contribution is 0.760. The molecule has 1 aromatic carbocycles. The number of aryl methyl sites for hydroxylation is 2. The van der Waals surface area contributed by atoms with Crippen molar-refractivity contribution in [3.63, 3.8) is 0 Å². The predicted molar refractivity (Wildman–Crippen MR) is 92.3 cm³/mol. The maximum atomic E-state index is 6.16. The minimum atomic E-state index is 0.526. The van der Waals surface area contributed by atoms with Crippen molar-refractivity contribution in [3.8, 4) is 0 Å². The highest BCUT2D eigenvalue weighted by molar-refractivity contribution is 7.10. The van der Waals surface area contributed by atoms with Crippen LogP contribution in [0.4, 0.5) is 0 Å². The van der Waals surface area contributed by atoms with E-state index in [1.54, 1.807) is 11.3 Å². The van der Waals surface area contributed by atoms with E-state index in [-0.39, 0.29) is 0 Å². The molecule has 6 heteroatoms. The van der Waals surface area contributed by atoms with Crippen molar-refractivity contribution in [2.45, 2.75) is 19.9 Å². The summed E-state index contributed by atoms with van der Waals surface area (Å²) in [4.78, 5) is 5.97. The summed E-state index contributed by atoms with van der Waals surface area (Å²) in [5.74, 6) is 1.50. The summed E-state index contributed by atoms with van der Waals surface area (Å²) in [6.07, 6.45) is 0.718. The number of thiophene rings is 1. The van der Waals surface area contributed by atoms with E-state index in [2.05, 4.69) is 27.9 Å². The van der Waals surface area contributed by atoms with Crippen molar-refractivity contribution in [1.29, 1.82) is 0 Å². The highest BCUT2D eigenvalue weighted by Gasteiger charge is 2.14. The normalized spacial score (nSPS) is 11.4. The number of hydrogen-bond acceptors (Lipinski definition) is 2. The van der Waals surface area contributed by atoms with Gasteiger partial charge in [-0.05, 0) is 36.1 Å². The number of alkyl halides is 1. The fourth-order valence-electron chi connectivity index (χ4n) is 2.33. The number of halogens is 3. The summed E-state index contributed by atoms with van der Waals surface area (Å²) in [7, 11) is 0. The molecule has 0 amide bonds. The van der Waals surface area contributed by atoms with Crippen molar-refractivity contribution in [1.82, 2.24) is 9.55 Å². The molecule has 110 valence electrons. The Morgan fingerprint density at radius 3 is 2.67 bits per heavy atom. The van der Waals surface area contributed by atoms with E-state index in [4.69, 9.17) is 34.8 Å². The Balaban J connectivity index is 2.15. The van der Waals surface area contributed by atoms with Crippen LogP contribution in [0.2, 0.25) is 10.0 Å². The first kappa shape index (κ1) is 15.2. The summed E-state index contributed by atoms with van der Waals surface area (Å²) in [6, 6.07) is 5.83. The molecule has 3 aromatic rings. The van der Waals surface area contributed by atoms with Crippen molar-refractivity contribution in [2.75, 3.05) is 5.88 Å². The molecule has 0 saturated carbocycles. The van der Waals surface area contributed by atoms with E-state index in [0.29, 0.717) is 15.9 Å². The number of imidazole rings is 1. The average Bonchev–Trinajstić information content (AvgIpc) is 2.98. The maximum Gasteiger partial charge on any atom is 0.111 e. The van der Waals surface area contributed by atoms with Gasteiger partial charge in [-0.2, -0.15) is 0 Å². The van der Waals surface area contributed by atoms with Gasteiger partial charge in [0, 0.05) is 17.2 Å². The van der Waals surface area contributed by atoms with Crippen molar-refractivity contribution >= 4 is 57.2 Å². The Hall–Kier alpha value is -0.740. The van der Waals surface area contributed by atoms with E-state index in [9.17, 15) is 0 Å². The van der Waals surface area contributed by atoms with Gasteiger partial charge < -0.3 is 4.57 Å². The number of benzene rings is 1. The molecule has 2 aromatic heterocycles. The third kappa shape index (κ3) is 2.93. The topological polar surface area (TPSA) is 17.8 Å². The quantitative estimate of drug-likeness (QED) is 0.559. The van der Waals surface area contributed by atoms with E-state index in [1.165, 1.54) is 10.4 Å². The zero-order valence-corrected chi connectivity index (χ0v) is 14.5. The number of rotatable bonds is 4. The van der Waals surface area contributed by atoms with Crippen LogP contribution >= 0.6 is 46.1 Å². The van der Waals surface area contributed by atoms with Crippen molar-refractivity contribution in [2.24, 2.45) is 0 Å². The van der Waals surface area contributed by atoms with Gasteiger partial charge in [0.2, 0.25) is 0 Å². The molecule has 0 fully saturated rings.